The third kappa shape index (κ3) is 3.91. The third-order valence-electron chi connectivity index (χ3n) is 3.80. The number of hydrogen-bond donors (Lipinski definition) is 2. The van der Waals surface area contributed by atoms with Crippen LogP contribution in [-0.2, 0) is 6.54 Å². The summed E-state index contributed by atoms with van der Waals surface area (Å²) in [5, 5.41) is 0.177. The zero-order valence-corrected chi connectivity index (χ0v) is 15.9. The minimum atomic E-state index is -0.756. The molecule has 0 spiro atoms. The van der Waals surface area contributed by atoms with Crippen molar-refractivity contribution in [1.82, 2.24) is 14.5 Å². The van der Waals surface area contributed by atoms with E-state index in [1.54, 1.807) is 6.92 Å². The molecule has 140 valence electrons. The summed E-state index contributed by atoms with van der Waals surface area (Å²) in [6.07, 6.45) is 1.52. The van der Waals surface area contributed by atoms with Crippen molar-refractivity contribution in [3.63, 3.8) is 0 Å². The Morgan fingerprint density at radius 2 is 2.00 bits per heavy atom. The van der Waals surface area contributed by atoms with Crippen LogP contribution in [0, 0.1) is 0 Å². The van der Waals surface area contributed by atoms with E-state index in [4.69, 9.17) is 28.9 Å². The summed E-state index contributed by atoms with van der Waals surface area (Å²) in [6, 6.07) is 2.89. The molecule has 2 rings (SSSR count). The first-order chi connectivity index (χ1) is 12.3. The number of H-pyrrole nitrogens is 1. The van der Waals surface area contributed by atoms with Gasteiger partial charge in [0.1, 0.15) is 16.7 Å². The topological polar surface area (TPSA) is 114 Å². The molecule has 26 heavy (non-hydrogen) atoms. The van der Waals surface area contributed by atoms with Crippen LogP contribution in [0.25, 0.3) is 0 Å². The number of carbonyl (C=O) groups is 1. The van der Waals surface area contributed by atoms with Gasteiger partial charge in [0.05, 0.1) is 5.02 Å². The van der Waals surface area contributed by atoms with E-state index >= 15 is 0 Å². The Bertz CT molecular complexity index is 938. The van der Waals surface area contributed by atoms with Gasteiger partial charge in [0.2, 0.25) is 0 Å². The van der Waals surface area contributed by atoms with E-state index in [2.05, 4.69) is 9.97 Å². The van der Waals surface area contributed by atoms with E-state index < -0.39 is 17.2 Å². The molecule has 0 aliphatic rings. The molecule has 0 aliphatic carbocycles. The van der Waals surface area contributed by atoms with Gasteiger partial charge in [-0.2, -0.15) is 0 Å². The molecule has 0 aromatic carbocycles. The fraction of sp³-hybridized carbons (Fsp3) is 0.375. The molecule has 3 N–H and O–H groups in total. The number of hydrogen-bond acceptors (Lipinski definition) is 5. The van der Waals surface area contributed by atoms with E-state index in [-0.39, 0.29) is 33.9 Å². The van der Waals surface area contributed by atoms with Gasteiger partial charge in [-0.15, -0.1) is 0 Å². The second-order valence-corrected chi connectivity index (χ2v) is 6.31. The first kappa shape index (κ1) is 20.0. The fourth-order valence-electron chi connectivity index (χ4n) is 2.48. The minimum Gasteiger partial charge on any atom is -0.383 e. The van der Waals surface area contributed by atoms with Crippen LogP contribution in [0.1, 0.15) is 37.2 Å². The molecule has 0 radical (unpaired) electrons. The Hall–Kier alpha value is -2.32. The maximum atomic E-state index is 12.9. The van der Waals surface area contributed by atoms with Crippen molar-refractivity contribution >= 4 is 40.6 Å². The standard InChI is InChI=1S/C16H19Cl2N5O3/c1-3-5-8-23-13(19)12(14(24)21-16(23)26)22(4-2)15(25)11-9(17)6-7-10(18)20-11/h6-7H,3-5,8,19H2,1-2H3,(H,21,24,26). The van der Waals surface area contributed by atoms with Gasteiger partial charge in [0.15, 0.2) is 5.69 Å². The summed E-state index contributed by atoms with van der Waals surface area (Å²) in [7, 11) is 0. The predicted molar refractivity (Wildman–Crippen MR) is 102 cm³/mol. The van der Waals surface area contributed by atoms with Crippen molar-refractivity contribution in [3.8, 4) is 0 Å². The summed E-state index contributed by atoms with van der Waals surface area (Å²) in [5.74, 6) is -0.724. The number of nitrogens with two attached hydrogens (primary N) is 1. The molecule has 2 aromatic heterocycles. The van der Waals surface area contributed by atoms with Gasteiger partial charge in [-0.1, -0.05) is 36.5 Å². The van der Waals surface area contributed by atoms with Gasteiger partial charge in [-0.25, -0.2) is 9.78 Å². The molecule has 0 bridgehead atoms. The molecule has 0 saturated carbocycles. The third-order valence-corrected chi connectivity index (χ3v) is 4.31. The van der Waals surface area contributed by atoms with Crippen molar-refractivity contribution in [2.45, 2.75) is 33.2 Å². The number of rotatable bonds is 6. The van der Waals surface area contributed by atoms with Gasteiger partial charge in [-0.3, -0.25) is 24.0 Å². The maximum absolute atomic E-state index is 12.9. The van der Waals surface area contributed by atoms with Crippen LogP contribution in [0.2, 0.25) is 10.2 Å². The van der Waals surface area contributed by atoms with Gasteiger partial charge in [-0.05, 0) is 25.5 Å². The van der Waals surface area contributed by atoms with E-state index in [0.29, 0.717) is 13.0 Å². The van der Waals surface area contributed by atoms with Crippen LogP contribution in [0.3, 0.4) is 0 Å². The maximum Gasteiger partial charge on any atom is 0.330 e. The highest BCUT2D eigenvalue weighted by atomic mass is 35.5. The number of aromatic nitrogens is 3. The smallest absolute Gasteiger partial charge is 0.330 e. The van der Waals surface area contributed by atoms with Crippen LogP contribution in [0.4, 0.5) is 11.5 Å². The summed E-state index contributed by atoms with van der Waals surface area (Å²) >= 11 is 11.9. The molecule has 1 amide bonds. The minimum absolute atomic E-state index is 0.0828. The molecule has 0 unspecified atom stereocenters. The van der Waals surface area contributed by atoms with Crippen LogP contribution >= 0.6 is 23.2 Å². The SMILES string of the molecule is CCCCn1c(N)c(N(CC)C(=O)c2nc(Cl)ccc2Cl)c(=O)[nH]c1=O. The highest BCUT2D eigenvalue weighted by Gasteiger charge is 2.26. The number of nitrogens with zero attached hydrogens (tertiary/aromatic N) is 3. The van der Waals surface area contributed by atoms with Crippen LogP contribution < -0.4 is 21.9 Å². The van der Waals surface area contributed by atoms with Gasteiger partial charge in [0.25, 0.3) is 11.5 Å². The van der Waals surface area contributed by atoms with E-state index in [1.807, 2.05) is 6.92 Å². The summed E-state index contributed by atoms with van der Waals surface area (Å²) < 4.78 is 1.24. The van der Waals surface area contributed by atoms with E-state index in [1.165, 1.54) is 16.7 Å². The molecule has 8 nitrogen and oxygen atoms in total. The molecular weight excluding hydrogens is 381 g/mol. The average molecular weight is 400 g/mol. The molecule has 10 heteroatoms. The Morgan fingerprint density at radius 3 is 2.62 bits per heavy atom. The van der Waals surface area contributed by atoms with Crippen LogP contribution in [0.15, 0.2) is 21.7 Å². The van der Waals surface area contributed by atoms with Gasteiger partial charge in [0, 0.05) is 13.1 Å². The van der Waals surface area contributed by atoms with Crippen molar-refractivity contribution in [2.75, 3.05) is 17.2 Å². The first-order valence-electron chi connectivity index (χ1n) is 8.08. The second kappa shape index (κ2) is 8.37. The quantitative estimate of drug-likeness (QED) is 0.723. The summed E-state index contributed by atoms with van der Waals surface area (Å²) in [4.78, 5) is 44.5. The van der Waals surface area contributed by atoms with Crippen molar-refractivity contribution in [3.05, 3.63) is 48.8 Å². The Balaban J connectivity index is 2.60. The molecule has 0 saturated heterocycles. The van der Waals surface area contributed by atoms with Gasteiger partial charge < -0.3 is 5.73 Å². The second-order valence-electron chi connectivity index (χ2n) is 5.51. The van der Waals surface area contributed by atoms with Gasteiger partial charge >= 0.3 is 5.69 Å². The average Bonchev–Trinajstić information content (AvgIpc) is 2.59. The summed E-state index contributed by atoms with van der Waals surface area (Å²) in [6.45, 7) is 4.06. The molecule has 0 fully saturated rings. The van der Waals surface area contributed by atoms with Crippen LogP contribution in [0.5, 0.6) is 0 Å². The lowest BCUT2D eigenvalue weighted by Gasteiger charge is -2.23. The highest BCUT2D eigenvalue weighted by molar-refractivity contribution is 6.35. The number of nitrogen functional groups attached to an aromatic ring is 1. The number of unbranched alkanes of at least 4 members (excludes halogenated alkanes) is 1. The molecule has 2 heterocycles. The molecule has 2 aromatic rings. The normalized spacial score (nSPS) is 10.8. The number of pyridine rings is 1. The monoisotopic (exact) mass is 399 g/mol. The van der Waals surface area contributed by atoms with E-state index in [0.717, 1.165) is 11.3 Å². The zero-order chi connectivity index (χ0) is 19.4. The number of halogens is 2. The lowest BCUT2D eigenvalue weighted by molar-refractivity contribution is 0.0983. The number of nitrogens with one attached hydrogen (secondary N) is 1. The largest absolute Gasteiger partial charge is 0.383 e. The lowest BCUT2D eigenvalue weighted by atomic mass is 10.2. The van der Waals surface area contributed by atoms with Crippen molar-refractivity contribution < 1.29 is 4.79 Å². The Labute approximate surface area is 159 Å². The number of amides is 1. The molecular formula is C16H19Cl2N5O3. The van der Waals surface area contributed by atoms with Crippen molar-refractivity contribution in [1.29, 1.82) is 0 Å². The highest BCUT2D eigenvalue weighted by Crippen LogP contribution is 2.23. The molecule has 0 aliphatic heterocycles. The van der Waals surface area contributed by atoms with Crippen LogP contribution in [-0.4, -0.2) is 27.0 Å². The first-order valence-corrected chi connectivity index (χ1v) is 8.83. The summed E-state index contributed by atoms with van der Waals surface area (Å²) in [5.41, 5.74) is 4.46. The predicted octanol–water partition coefficient (Wildman–Crippen LogP) is 2.29. The number of aromatic amines is 1. The lowest BCUT2D eigenvalue weighted by Crippen LogP contribution is -2.41. The fourth-order valence-corrected chi connectivity index (χ4v) is 2.81. The van der Waals surface area contributed by atoms with E-state index in [9.17, 15) is 14.4 Å². The zero-order valence-electron chi connectivity index (χ0n) is 14.4. The van der Waals surface area contributed by atoms with Crippen molar-refractivity contribution in [2.24, 2.45) is 0 Å². The molecule has 0 atom stereocenters. The number of anilines is 2. The number of carbonyl (C=O) groups excluding carboxylic acids is 1. The Kier molecular flexibility index (Phi) is 6.44. The Morgan fingerprint density at radius 1 is 1.31 bits per heavy atom.